The molecule has 12 nitrogen and oxygen atoms in total. The first-order valence-corrected chi connectivity index (χ1v) is 10.5. The van der Waals surface area contributed by atoms with E-state index >= 15 is 0 Å². The fraction of sp³-hybridized carbons (Fsp3) is 0.700. The van der Waals surface area contributed by atoms with Gasteiger partial charge in [-0.3, -0.25) is 19.2 Å². The van der Waals surface area contributed by atoms with Gasteiger partial charge in [-0.2, -0.15) is 0 Å². The van der Waals surface area contributed by atoms with Crippen LogP contribution in [0.4, 0.5) is 0 Å². The number of ether oxygens (including phenoxy) is 2. The Bertz CT molecular complexity index is 737. The second-order valence-corrected chi connectivity index (χ2v) is 7.46. The van der Waals surface area contributed by atoms with E-state index in [0.717, 1.165) is 6.42 Å². The van der Waals surface area contributed by atoms with Gasteiger partial charge in [-0.15, -0.1) is 10.1 Å². The van der Waals surface area contributed by atoms with E-state index in [0.29, 0.717) is 10.1 Å². The van der Waals surface area contributed by atoms with E-state index in [1.165, 1.54) is 0 Å². The minimum Gasteiger partial charge on any atom is -0.378 e. The number of imide groups is 2. The van der Waals surface area contributed by atoms with E-state index in [4.69, 9.17) is 14.3 Å². The topological polar surface area (TPSA) is 146 Å². The predicted molar refractivity (Wildman–Crippen MR) is 104 cm³/mol. The molecule has 32 heavy (non-hydrogen) atoms. The third kappa shape index (κ3) is 7.09. The second-order valence-electron chi connectivity index (χ2n) is 7.46. The first kappa shape index (κ1) is 25.4. The van der Waals surface area contributed by atoms with Crippen LogP contribution in [0, 0.1) is 11.8 Å². The Morgan fingerprint density at radius 3 is 1.84 bits per heavy atom. The molecule has 0 bridgehead atoms. The van der Waals surface area contributed by atoms with Gasteiger partial charge in [0.25, 0.3) is 23.6 Å². The maximum absolute atomic E-state index is 12.2. The number of carbonyl (C=O) groups excluding carboxylic acids is 6. The van der Waals surface area contributed by atoms with Crippen molar-refractivity contribution in [1.29, 1.82) is 0 Å². The lowest BCUT2D eigenvalue weighted by atomic mass is 9.91. The monoisotopic (exact) mass is 456 g/mol. The molecule has 2 aliphatic rings. The molecule has 2 rings (SSSR count). The zero-order chi connectivity index (χ0) is 23.7. The molecule has 0 radical (unpaired) electrons. The Balaban J connectivity index is 1.51. The lowest BCUT2D eigenvalue weighted by molar-refractivity contribution is -0.199. The van der Waals surface area contributed by atoms with Crippen molar-refractivity contribution >= 4 is 35.6 Å². The summed E-state index contributed by atoms with van der Waals surface area (Å²) in [7, 11) is 0. The molecule has 2 saturated heterocycles. The van der Waals surface area contributed by atoms with Crippen molar-refractivity contribution in [3.05, 3.63) is 0 Å². The summed E-state index contributed by atoms with van der Waals surface area (Å²) in [5.41, 5.74) is 0. The van der Waals surface area contributed by atoms with Crippen LogP contribution in [-0.4, -0.2) is 72.1 Å². The highest BCUT2D eigenvalue weighted by Crippen LogP contribution is 2.28. The van der Waals surface area contributed by atoms with Gasteiger partial charge in [0.2, 0.25) is 0 Å². The zero-order valence-corrected chi connectivity index (χ0v) is 18.2. The average molecular weight is 456 g/mol. The van der Waals surface area contributed by atoms with Gasteiger partial charge >= 0.3 is 11.9 Å². The molecule has 0 aromatic heterocycles. The van der Waals surface area contributed by atoms with E-state index in [1.54, 1.807) is 0 Å². The van der Waals surface area contributed by atoms with Crippen LogP contribution >= 0.6 is 0 Å². The molecular formula is C20H28N2O10. The molecule has 2 fully saturated rings. The van der Waals surface area contributed by atoms with E-state index in [1.807, 2.05) is 13.8 Å². The van der Waals surface area contributed by atoms with Crippen LogP contribution in [0.5, 0.6) is 0 Å². The van der Waals surface area contributed by atoms with Crippen molar-refractivity contribution in [2.45, 2.75) is 52.4 Å². The van der Waals surface area contributed by atoms with Crippen LogP contribution in [0.1, 0.15) is 52.4 Å². The molecule has 2 unspecified atom stereocenters. The minimum atomic E-state index is -0.765. The molecule has 0 spiro atoms. The Morgan fingerprint density at radius 2 is 1.34 bits per heavy atom. The summed E-state index contributed by atoms with van der Waals surface area (Å²) in [6.45, 7) is 4.04. The Kier molecular flexibility index (Phi) is 9.72. The lowest BCUT2D eigenvalue weighted by Gasteiger charge is -2.16. The maximum atomic E-state index is 12.2. The SMILES string of the molecule is CCC(C)C1CC(=O)N(OC(=O)CCOCCOCCC(=O)ON2C(=O)CCC2=O)C1=O. The highest BCUT2D eigenvalue weighted by atomic mass is 16.7. The molecule has 0 aromatic rings. The number of nitrogens with zero attached hydrogens (tertiary/aromatic N) is 2. The number of amides is 4. The third-order valence-corrected chi connectivity index (χ3v) is 5.13. The summed E-state index contributed by atoms with van der Waals surface area (Å²) in [5.74, 6) is -4.10. The third-order valence-electron chi connectivity index (χ3n) is 5.13. The van der Waals surface area contributed by atoms with Gasteiger partial charge in [0.15, 0.2) is 0 Å². The maximum Gasteiger partial charge on any atom is 0.335 e. The van der Waals surface area contributed by atoms with Crippen molar-refractivity contribution in [2.24, 2.45) is 11.8 Å². The Labute approximate surface area is 185 Å². The van der Waals surface area contributed by atoms with Crippen molar-refractivity contribution in [1.82, 2.24) is 10.1 Å². The molecule has 4 amide bonds. The summed E-state index contributed by atoms with van der Waals surface area (Å²) >= 11 is 0. The van der Waals surface area contributed by atoms with E-state index in [-0.39, 0.29) is 64.4 Å². The molecular weight excluding hydrogens is 428 g/mol. The molecule has 0 saturated carbocycles. The molecule has 178 valence electrons. The lowest BCUT2D eigenvalue weighted by Crippen LogP contribution is -2.34. The molecule has 2 heterocycles. The van der Waals surface area contributed by atoms with Gasteiger partial charge in [-0.25, -0.2) is 9.59 Å². The fourth-order valence-electron chi connectivity index (χ4n) is 3.04. The summed E-state index contributed by atoms with van der Waals surface area (Å²) in [5, 5.41) is 1.02. The van der Waals surface area contributed by atoms with Crippen LogP contribution in [0.3, 0.4) is 0 Å². The number of hydroxylamine groups is 4. The zero-order valence-electron chi connectivity index (χ0n) is 18.2. The van der Waals surface area contributed by atoms with Gasteiger partial charge in [-0.05, 0) is 5.92 Å². The van der Waals surface area contributed by atoms with Crippen molar-refractivity contribution in [2.75, 3.05) is 26.4 Å². The molecule has 2 atom stereocenters. The van der Waals surface area contributed by atoms with Gasteiger partial charge in [0.1, 0.15) is 0 Å². The largest absolute Gasteiger partial charge is 0.378 e. The van der Waals surface area contributed by atoms with Crippen molar-refractivity contribution in [3.63, 3.8) is 0 Å². The summed E-state index contributed by atoms with van der Waals surface area (Å²) in [6, 6.07) is 0. The first-order valence-electron chi connectivity index (χ1n) is 10.5. The normalized spacial score (nSPS) is 19.6. The standard InChI is InChI=1S/C20H28N2O10/c1-3-13(2)14-12-17(25)22(20(14)28)32-19(27)7-9-30-11-10-29-8-6-18(26)31-21-15(23)4-5-16(21)24/h13-14H,3-12H2,1-2H3. The number of rotatable bonds is 13. The highest BCUT2D eigenvalue weighted by molar-refractivity contribution is 6.03. The molecule has 0 aliphatic carbocycles. The quantitative estimate of drug-likeness (QED) is 0.280. The highest BCUT2D eigenvalue weighted by Gasteiger charge is 2.43. The first-order chi connectivity index (χ1) is 15.2. The van der Waals surface area contributed by atoms with E-state index < -0.39 is 41.5 Å². The van der Waals surface area contributed by atoms with Crippen LogP contribution < -0.4 is 0 Å². The van der Waals surface area contributed by atoms with Crippen molar-refractivity contribution < 1.29 is 47.9 Å². The van der Waals surface area contributed by atoms with Crippen LogP contribution in [-0.2, 0) is 47.9 Å². The van der Waals surface area contributed by atoms with Gasteiger partial charge in [0.05, 0.1) is 45.2 Å². The molecule has 0 N–H and O–H groups in total. The summed E-state index contributed by atoms with van der Waals surface area (Å²) in [4.78, 5) is 79.8. The number of hydrogen-bond acceptors (Lipinski definition) is 10. The van der Waals surface area contributed by atoms with Crippen LogP contribution in [0.15, 0.2) is 0 Å². The van der Waals surface area contributed by atoms with E-state index in [2.05, 4.69) is 4.84 Å². The smallest absolute Gasteiger partial charge is 0.335 e. The fourth-order valence-corrected chi connectivity index (χ4v) is 3.04. The van der Waals surface area contributed by atoms with E-state index in [9.17, 15) is 28.8 Å². The molecule has 0 aromatic carbocycles. The Morgan fingerprint density at radius 1 is 0.844 bits per heavy atom. The molecule has 2 aliphatic heterocycles. The van der Waals surface area contributed by atoms with Crippen molar-refractivity contribution in [3.8, 4) is 0 Å². The Hall–Kier alpha value is -2.86. The minimum absolute atomic E-state index is 0.00299. The predicted octanol–water partition coefficient (Wildman–Crippen LogP) is 0.286. The van der Waals surface area contributed by atoms with Crippen LogP contribution in [0.25, 0.3) is 0 Å². The molecule has 12 heteroatoms. The summed E-state index contributed by atoms with van der Waals surface area (Å²) < 4.78 is 10.4. The second kappa shape index (κ2) is 12.2. The number of hydrogen-bond donors (Lipinski definition) is 0. The van der Waals surface area contributed by atoms with Gasteiger partial charge in [0, 0.05) is 19.3 Å². The van der Waals surface area contributed by atoms with Crippen LogP contribution in [0.2, 0.25) is 0 Å². The number of carbonyl (C=O) groups is 6. The summed E-state index contributed by atoms with van der Waals surface area (Å²) in [6.07, 6.45) is 0.509. The van der Waals surface area contributed by atoms with Gasteiger partial charge < -0.3 is 19.1 Å². The van der Waals surface area contributed by atoms with Gasteiger partial charge in [-0.1, -0.05) is 20.3 Å². The average Bonchev–Trinajstić information content (AvgIpc) is 3.22.